The summed E-state index contributed by atoms with van der Waals surface area (Å²) in [5.41, 5.74) is 1.51. The van der Waals surface area contributed by atoms with Crippen molar-refractivity contribution in [2.75, 3.05) is 11.9 Å². The van der Waals surface area contributed by atoms with Crippen LogP contribution in [0.1, 0.15) is 12.5 Å². The van der Waals surface area contributed by atoms with E-state index in [0.29, 0.717) is 0 Å². The fourth-order valence-electron chi connectivity index (χ4n) is 2.03. The highest BCUT2D eigenvalue weighted by atomic mass is 32.2. The van der Waals surface area contributed by atoms with Gasteiger partial charge in [-0.2, -0.15) is 0 Å². The van der Waals surface area contributed by atoms with Gasteiger partial charge in [-0.3, -0.25) is 9.00 Å². The van der Waals surface area contributed by atoms with E-state index in [1.165, 1.54) is 17.0 Å². The lowest BCUT2D eigenvalue weighted by atomic mass is 10.2. The minimum atomic E-state index is -1.36. The molecule has 0 unspecified atom stereocenters. The van der Waals surface area contributed by atoms with Crippen molar-refractivity contribution in [3.8, 4) is 0 Å². The zero-order valence-corrected chi connectivity index (χ0v) is 13.3. The predicted octanol–water partition coefficient (Wildman–Crippen LogP) is 3.13. The number of nitrogens with zero attached hydrogens (tertiary/aromatic N) is 1. The summed E-state index contributed by atoms with van der Waals surface area (Å²) in [6.07, 6.45) is 0. The molecule has 22 heavy (non-hydrogen) atoms. The molecular weight excluding hydrogens is 301 g/mol. The summed E-state index contributed by atoms with van der Waals surface area (Å²) in [6.45, 7) is 1.65. The minimum Gasteiger partial charge on any atom is -0.314 e. The Bertz CT molecular complexity index is 658. The molecule has 0 aromatic heterocycles. The van der Waals surface area contributed by atoms with E-state index < -0.39 is 16.0 Å². The van der Waals surface area contributed by atoms with Crippen LogP contribution in [0.15, 0.2) is 54.6 Å². The molecule has 2 aromatic carbocycles. The van der Waals surface area contributed by atoms with Crippen molar-refractivity contribution in [3.63, 3.8) is 0 Å². The van der Waals surface area contributed by atoms with Crippen LogP contribution in [0.4, 0.5) is 10.1 Å². The second kappa shape index (κ2) is 7.31. The van der Waals surface area contributed by atoms with Crippen LogP contribution in [0.2, 0.25) is 0 Å². The van der Waals surface area contributed by atoms with E-state index in [4.69, 9.17) is 0 Å². The number of hydrogen-bond donors (Lipinski definition) is 0. The SMILES string of the molecule is C[C@@H](C(=O)N(C)c1ccccc1)[S@@](=O)Cc1ccc(F)cc1. The van der Waals surface area contributed by atoms with Gasteiger partial charge < -0.3 is 4.90 Å². The van der Waals surface area contributed by atoms with Crippen LogP contribution in [0, 0.1) is 5.82 Å². The van der Waals surface area contributed by atoms with Crippen molar-refractivity contribution >= 4 is 22.4 Å². The molecule has 0 spiro atoms. The number of benzene rings is 2. The van der Waals surface area contributed by atoms with Gasteiger partial charge in [-0.25, -0.2) is 4.39 Å². The van der Waals surface area contributed by atoms with Crippen LogP contribution >= 0.6 is 0 Å². The largest absolute Gasteiger partial charge is 0.314 e. The van der Waals surface area contributed by atoms with E-state index in [2.05, 4.69) is 0 Å². The van der Waals surface area contributed by atoms with Crippen LogP contribution in [-0.2, 0) is 21.3 Å². The highest BCUT2D eigenvalue weighted by molar-refractivity contribution is 7.85. The molecule has 2 aromatic rings. The zero-order valence-electron chi connectivity index (χ0n) is 12.5. The van der Waals surface area contributed by atoms with E-state index in [0.717, 1.165) is 11.3 Å². The van der Waals surface area contributed by atoms with Crippen LogP contribution in [0.3, 0.4) is 0 Å². The fourth-order valence-corrected chi connectivity index (χ4v) is 3.19. The Morgan fingerprint density at radius 1 is 1.14 bits per heavy atom. The lowest BCUT2D eigenvalue weighted by Crippen LogP contribution is -2.37. The van der Waals surface area contributed by atoms with Crippen LogP contribution < -0.4 is 4.90 Å². The summed E-state index contributed by atoms with van der Waals surface area (Å²) < 4.78 is 25.2. The summed E-state index contributed by atoms with van der Waals surface area (Å²) in [5.74, 6) is -0.301. The highest BCUT2D eigenvalue weighted by Gasteiger charge is 2.24. The van der Waals surface area contributed by atoms with Gasteiger partial charge in [0.05, 0.1) is 0 Å². The van der Waals surface area contributed by atoms with Crippen molar-refractivity contribution in [3.05, 3.63) is 66.0 Å². The number of para-hydroxylation sites is 1. The molecule has 0 N–H and O–H groups in total. The Morgan fingerprint density at radius 3 is 2.32 bits per heavy atom. The van der Waals surface area contributed by atoms with Gasteiger partial charge in [-0.05, 0) is 36.8 Å². The summed E-state index contributed by atoms with van der Waals surface area (Å²) in [4.78, 5) is 13.9. The average molecular weight is 319 g/mol. The number of hydrogen-bond acceptors (Lipinski definition) is 2. The minimum absolute atomic E-state index is 0.202. The van der Waals surface area contributed by atoms with Gasteiger partial charge in [0.1, 0.15) is 11.1 Å². The first-order valence-corrected chi connectivity index (χ1v) is 8.31. The number of carbonyl (C=O) groups excluding carboxylic acids is 1. The van der Waals surface area contributed by atoms with Gasteiger partial charge in [0.15, 0.2) is 0 Å². The second-order valence-corrected chi connectivity index (χ2v) is 6.78. The molecule has 0 aliphatic carbocycles. The molecule has 0 heterocycles. The van der Waals surface area contributed by atoms with E-state index >= 15 is 0 Å². The average Bonchev–Trinajstić information content (AvgIpc) is 2.55. The van der Waals surface area contributed by atoms with Crippen molar-refractivity contribution in [1.82, 2.24) is 0 Å². The fraction of sp³-hybridized carbons (Fsp3) is 0.235. The quantitative estimate of drug-likeness (QED) is 0.849. The Kier molecular flexibility index (Phi) is 5.44. The van der Waals surface area contributed by atoms with Crippen molar-refractivity contribution in [1.29, 1.82) is 0 Å². The van der Waals surface area contributed by atoms with Gasteiger partial charge in [-0.1, -0.05) is 30.3 Å². The smallest absolute Gasteiger partial charge is 0.242 e. The molecule has 3 nitrogen and oxygen atoms in total. The van der Waals surface area contributed by atoms with Gasteiger partial charge in [0, 0.05) is 29.3 Å². The Hall–Kier alpha value is -2.01. The van der Waals surface area contributed by atoms with Crippen molar-refractivity contribution in [2.45, 2.75) is 17.9 Å². The Balaban J connectivity index is 2.03. The first-order chi connectivity index (χ1) is 10.5. The molecule has 0 saturated heterocycles. The molecule has 1 amide bonds. The van der Waals surface area contributed by atoms with Gasteiger partial charge in [-0.15, -0.1) is 0 Å². The third-order valence-corrected chi connectivity index (χ3v) is 5.05. The maximum absolute atomic E-state index is 12.9. The number of rotatable bonds is 5. The van der Waals surface area contributed by atoms with Crippen LogP contribution in [0.5, 0.6) is 0 Å². The number of anilines is 1. The van der Waals surface area contributed by atoms with Crippen molar-refractivity contribution < 1.29 is 13.4 Å². The monoisotopic (exact) mass is 319 g/mol. The number of amides is 1. The predicted molar refractivity (Wildman–Crippen MR) is 87.6 cm³/mol. The molecule has 0 aliphatic heterocycles. The molecule has 0 fully saturated rings. The molecule has 0 bridgehead atoms. The molecule has 2 atom stereocenters. The van der Waals surface area contributed by atoms with E-state index in [9.17, 15) is 13.4 Å². The maximum Gasteiger partial charge on any atom is 0.242 e. The molecule has 2 rings (SSSR count). The summed E-state index contributed by atoms with van der Waals surface area (Å²) in [6, 6.07) is 15.1. The maximum atomic E-state index is 12.9. The second-order valence-electron chi connectivity index (χ2n) is 5.03. The van der Waals surface area contributed by atoms with E-state index in [1.54, 1.807) is 26.1 Å². The van der Waals surface area contributed by atoms with Crippen LogP contribution in [-0.4, -0.2) is 22.4 Å². The molecule has 116 valence electrons. The first-order valence-electron chi connectivity index (χ1n) is 6.93. The van der Waals surface area contributed by atoms with E-state index in [1.807, 2.05) is 30.3 Å². The lowest BCUT2D eigenvalue weighted by molar-refractivity contribution is -0.117. The summed E-state index contributed by atoms with van der Waals surface area (Å²) in [7, 11) is 0.309. The first kappa shape index (κ1) is 16.4. The number of halogens is 1. The Labute approximate surface area is 132 Å². The van der Waals surface area contributed by atoms with Crippen LogP contribution in [0.25, 0.3) is 0 Å². The normalized spacial score (nSPS) is 13.4. The van der Waals surface area contributed by atoms with Crippen molar-refractivity contribution in [2.24, 2.45) is 0 Å². The molecule has 5 heteroatoms. The third kappa shape index (κ3) is 4.01. The summed E-state index contributed by atoms with van der Waals surface area (Å²) in [5, 5.41) is -0.629. The van der Waals surface area contributed by atoms with Gasteiger partial charge >= 0.3 is 0 Å². The number of carbonyl (C=O) groups is 1. The molecule has 0 aliphatic rings. The standard InChI is InChI=1S/C17H18FNO2S/c1-13(17(20)19(2)16-6-4-3-5-7-16)22(21)12-14-8-10-15(18)11-9-14/h3-11,13H,12H2,1-2H3/t13-,22-/m0/s1. The molecule has 0 saturated carbocycles. The summed E-state index contributed by atoms with van der Waals surface area (Å²) >= 11 is 0. The molecular formula is C17H18FNO2S. The third-order valence-electron chi connectivity index (χ3n) is 3.44. The molecule has 0 radical (unpaired) electrons. The Morgan fingerprint density at radius 2 is 1.73 bits per heavy atom. The van der Waals surface area contributed by atoms with E-state index in [-0.39, 0.29) is 17.5 Å². The van der Waals surface area contributed by atoms with Gasteiger partial charge in [0.2, 0.25) is 5.91 Å². The van der Waals surface area contributed by atoms with Gasteiger partial charge in [0.25, 0.3) is 0 Å². The highest BCUT2D eigenvalue weighted by Crippen LogP contribution is 2.15. The lowest BCUT2D eigenvalue weighted by Gasteiger charge is -2.21. The topological polar surface area (TPSA) is 37.4 Å². The zero-order chi connectivity index (χ0) is 16.1.